The van der Waals surface area contributed by atoms with Crippen LogP contribution in [0.1, 0.15) is 30.9 Å². The number of benzene rings is 1. The summed E-state index contributed by atoms with van der Waals surface area (Å²) < 4.78 is 0. The molecule has 0 atom stereocenters. The predicted molar refractivity (Wildman–Crippen MR) is 102 cm³/mol. The van der Waals surface area contributed by atoms with E-state index in [-0.39, 0.29) is 6.03 Å². The third-order valence-electron chi connectivity index (χ3n) is 4.75. The van der Waals surface area contributed by atoms with Crippen LogP contribution in [0.15, 0.2) is 42.7 Å². The molecular formula is C20H26N4O. The number of piperazine rings is 1. The fourth-order valence-electron chi connectivity index (χ4n) is 3.25. The van der Waals surface area contributed by atoms with E-state index >= 15 is 0 Å². The highest BCUT2D eigenvalue weighted by Gasteiger charge is 2.22. The van der Waals surface area contributed by atoms with Gasteiger partial charge >= 0.3 is 6.03 Å². The van der Waals surface area contributed by atoms with Crippen LogP contribution in [0.4, 0.5) is 16.2 Å². The molecule has 2 amide bonds. The second-order valence-electron chi connectivity index (χ2n) is 6.80. The van der Waals surface area contributed by atoms with Crippen LogP contribution in [0.5, 0.6) is 0 Å². The Morgan fingerprint density at radius 2 is 1.76 bits per heavy atom. The van der Waals surface area contributed by atoms with Crippen molar-refractivity contribution in [3.05, 3.63) is 53.9 Å². The lowest BCUT2D eigenvalue weighted by Gasteiger charge is -2.36. The molecule has 25 heavy (non-hydrogen) atoms. The molecule has 1 aromatic carbocycles. The number of nitrogens with one attached hydrogen (secondary N) is 1. The number of carbonyl (C=O) groups excluding carboxylic acids is 1. The fourth-order valence-corrected chi connectivity index (χ4v) is 3.25. The maximum atomic E-state index is 12.7. The van der Waals surface area contributed by atoms with E-state index in [1.807, 2.05) is 36.1 Å². The van der Waals surface area contributed by atoms with Gasteiger partial charge in [0.05, 0.1) is 0 Å². The van der Waals surface area contributed by atoms with Gasteiger partial charge in [-0.25, -0.2) is 4.79 Å². The van der Waals surface area contributed by atoms with Crippen LogP contribution in [0.25, 0.3) is 0 Å². The van der Waals surface area contributed by atoms with E-state index in [9.17, 15) is 4.79 Å². The summed E-state index contributed by atoms with van der Waals surface area (Å²) in [6.07, 6.45) is 3.61. The van der Waals surface area contributed by atoms with Crippen molar-refractivity contribution in [3.63, 3.8) is 0 Å². The molecule has 0 aliphatic carbocycles. The molecule has 1 aliphatic heterocycles. The van der Waals surface area contributed by atoms with Crippen LogP contribution < -0.4 is 10.2 Å². The molecule has 0 spiro atoms. The normalized spacial score (nSPS) is 14.7. The topological polar surface area (TPSA) is 48.5 Å². The fraction of sp³-hybridized carbons (Fsp3) is 0.400. The Kier molecular flexibility index (Phi) is 5.22. The smallest absolute Gasteiger partial charge is 0.321 e. The molecule has 1 saturated heterocycles. The molecule has 2 aromatic rings. The Morgan fingerprint density at radius 1 is 1.08 bits per heavy atom. The van der Waals surface area contributed by atoms with Gasteiger partial charge in [0.15, 0.2) is 0 Å². The van der Waals surface area contributed by atoms with E-state index in [0.29, 0.717) is 5.92 Å². The lowest BCUT2D eigenvalue weighted by Crippen LogP contribution is -2.50. The summed E-state index contributed by atoms with van der Waals surface area (Å²) in [5, 5.41) is 3.14. The molecular weight excluding hydrogens is 312 g/mol. The number of nitrogens with zero attached hydrogens (tertiary/aromatic N) is 3. The Bertz CT molecular complexity index is 722. The quantitative estimate of drug-likeness (QED) is 0.924. The average molecular weight is 338 g/mol. The van der Waals surface area contributed by atoms with Crippen molar-refractivity contribution in [2.24, 2.45) is 0 Å². The third-order valence-corrected chi connectivity index (χ3v) is 4.75. The summed E-state index contributed by atoms with van der Waals surface area (Å²) in [5.41, 5.74) is 4.41. The van der Waals surface area contributed by atoms with Crippen LogP contribution in [-0.2, 0) is 0 Å². The van der Waals surface area contributed by atoms with Gasteiger partial charge in [-0.05, 0) is 36.1 Å². The first-order valence-corrected chi connectivity index (χ1v) is 8.86. The second kappa shape index (κ2) is 7.55. The number of anilines is 2. The lowest BCUT2D eigenvalue weighted by atomic mass is 9.98. The molecule has 5 nitrogen and oxygen atoms in total. The van der Waals surface area contributed by atoms with Gasteiger partial charge in [-0.15, -0.1) is 0 Å². The Morgan fingerprint density at radius 3 is 2.40 bits per heavy atom. The van der Waals surface area contributed by atoms with Gasteiger partial charge in [-0.1, -0.05) is 32.0 Å². The summed E-state index contributed by atoms with van der Waals surface area (Å²) in [5.74, 6) is 0.374. The van der Waals surface area contributed by atoms with Crippen molar-refractivity contribution >= 4 is 17.4 Å². The average Bonchev–Trinajstić information content (AvgIpc) is 2.64. The van der Waals surface area contributed by atoms with Gasteiger partial charge in [0.2, 0.25) is 0 Å². The van der Waals surface area contributed by atoms with Crippen molar-refractivity contribution in [1.29, 1.82) is 0 Å². The molecule has 1 aromatic heterocycles. The van der Waals surface area contributed by atoms with E-state index in [0.717, 1.165) is 43.1 Å². The molecule has 1 N–H and O–H groups in total. The number of pyridine rings is 1. The Balaban J connectivity index is 1.64. The predicted octanol–water partition coefficient (Wildman–Crippen LogP) is 3.87. The maximum absolute atomic E-state index is 12.7. The minimum Gasteiger partial charge on any atom is -0.368 e. The van der Waals surface area contributed by atoms with Crippen molar-refractivity contribution in [2.75, 3.05) is 36.4 Å². The minimum atomic E-state index is -0.00872. The summed E-state index contributed by atoms with van der Waals surface area (Å²) in [6, 6.07) is 10.2. The van der Waals surface area contributed by atoms with Gasteiger partial charge in [-0.2, -0.15) is 0 Å². The van der Waals surface area contributed by atoms with Gasteiger partial charge < -0.3 is 15.1 Å². The molecule has 0 bridgehead atoms. The van der Waals surface area contributed by atoms with Gasteiger partial charge in [0.1, 0.15) is 0 Å². The SMILES string of the molecule is Cc1cccc(C(C)C)c1NC(=O)N1CCN(c2ccncc2)CC1. The molecule has 0 radical (unpaired) electrons. The van der Waals surface area contributed by atoms with Crippen LogP contribution in [0, 0.1) is 6.92 Å². The van der Waals surface area contributed by atoms with E-state index in [1.54, 1.807) is 12.4 Å². The lowest BCUT2D eigenvalue weighted by molar-refractivity contribution is 0.208. The van der Waals surface area contributed by atoms with Crippen molar-refractivity contribution in [1.82, 2.24) is 9.88 Å². The molecule has 1 fully saturated rings. The van der Waals surface area contributed by atoms with Crippen LogP contribution in [0.3, 0.4) is 0 Å². The third kappa shape index (κ3) is 3.92. The number of urea groups is 1. The monoisotopic (exact) mass is 338 g/mol. The first-order chi connectivity index (χ1) is 12.1. The zero-order valence-corrected chi connectivity index (χ0v) is 15.2. The van der Waals surface area contributed by atoms with Crippen LogP contribution >= 0.6 is 0 Å². The number of aromatic nitrogens is 1. The van der Waals surface area contributed by atoms with E-state index < -0.39 is 0 Å². The summed E-state index contributed by atoms with van der Waals surface area (Å²) in [6.45, 7) is 9.46. The zero-order chi connectivity index (χ0) is 17.8. The van der Waals surface area contributed by atoms with E-state index in [4.69, 9.17) is 0 Å². The maximum Gasteiger partial charge on any atom is 0.321 e. The minimum absolute atomic E-state index is 0.00872. The van der Waals surface area contributed by atoms with Gasteiger partial charge in [0.25, 0.3) is 0 Å². The molecule has 3 rings (SSSR count). The van der Waals surface area contributed by atoms with E-state index in [1.165, 1.54) is 5.56 Å². The number of aryl methyl sites for hydroxylation is 1. The molecule has 2 heterocycles. The summed E-state index contributed by atoms with van der Waals surface area (Å²) >= 11 is 0. The Hall–Kier alpha value is -2.56. The number of rotatable bonds is 3. The van der Waals surface area contributed by atoms with Crippen LogP contribution in [-0.4, -0.2) is 42.1 Å². The highest BCUT2D eigenvalue weighted by molar-refractivity contribution is 5.91. The highest BCUT2D eigenvalue weighted by atomic mass is 16.2. The van der Waals surface area contributed by atoms with Gasteiger partial charge in [0, 0.05) is 49.9 Å². The standard InChI is InChI=1S/C20H26N4O/c1-15(2)18-6-4-5-16(3)19(18)22-20(25)24-13-11-23(12-14-24)17-7-9-21-10-8-17/h4-10,15H,11-14H2,1-3H3,(H,22,25). The molecule has 0 unspecified atom stereocenters. The van der Waals surface area contributed by atoms with Crippen molar-refractivity contribution < 1.29 is 4.79 Å². The first-order valence-electron chi connectivity index (χ1n) is 8.86. The first kappa shape index (κ1) is 17.3. The number of para-hydroxylation sites is 1. The molecule has 132 valence electrons. The largest absolute Gasteiger partial charge is 0.368 e. The number of carbonyl (C=O) groups is 1. The molecule has 1 aliphatic rings. The highest BCUT2D eigenvalue weighted by Crippen LogP contribution is 2.27. The molecule has 0 saturated carbocycles. The second-order valence-corrected chi connectivity index (χ2v) is 6.80. The number of hydrogen-bond acceptors (Lipinski definition) is 3. The van der Waals surface area contributed by atoms with Crippen LogP contribution in [0.2, 0.25) is 0 Å². The van der Waals surface area contributed by atoms with Crippen molar-refractivity contribution in [3.8, 4) is 0 Å². The number of hydrogen-bond donors (Lipinski definition) is 1. The summed E-state index contributed by atoms with van der Waals surface area (Å²) in [4.78, 5) is 21.0. The van der Waals surface area contributed by atoms with Gasteiger partial charge in [-0.3, -0.25) is 4.98 Å². The van der Waals surface area contributed by atoms with E-state index in [2.05, 4.69) is 35.1 Å². The number of amides is 2. The molecule has 5 heteroatoms. The Labute approximate surface area is 149 Å². The van der Waals surface area contributed by atoms with Crippen molar-refractivity contribution in [2.45, 2.75) is 26.7 Å². The summed E-state index contributed by atoms with van der Waals surface area (Å²) in [7, 11) is 0. The zero-order valence-electron chi connectivity index (χ0n) is 15.2.